The summed E-state index contributed by atoms with van der Waals surface area (Å²) in [7, 11) is 0. The van der Waals surface area contributed by atoms with Gasteiger partial charge in [0, 0.05) is 25.7 Å². The van der Waals surface area contributed by atoms with Crippen molar-refractivity contribution in [1.29, 1.82) is 0 Å². The van der Waals surface area contributed by atoms with Crippen LogP contribution in [0.3, 0.4) is 0 Å². The SMILES string of the molecule is CCOC(=O)/C=C(\C(=O)OCC)n1ccc(=O)n(Cc2cnnn2CCCCOC(C)=O)c1=O. The zero-order valence-corrected chi connectivity index (χ0v) is 19.3. The fourth-order valence-corrected chi connectivity index (χ4v) is 2.90. The molecule has 0 fully saturated rings. The lowest BCUT2D eigenvalue weighted by atomic mass is 10.3. The van der Waals surface area contributed by atoms with Crippen molar-refractivity contribution in [2.75, 3.05) is 19.8 Å². The van der Waals surface area contributed by atoms with Crippen molar-refractivity contribution < 1.29 is 28.6 Å². The Bertz CT molecular complexity index is 1160. The monoisotopic (exact) mass is 477 g/mol. The minimum absolute atomic E-state index is 0.00962. The maximum atomic E-state index is 13.1. The normalized spacial score (nSPS) is 11.2. The number of nitrogens with zero attached hydrogens (tertiary/aromatic N) is 5. The third-order valence-electron chi connectivity index (χ3n) is 4.44. The van der Waals surface area contributed by atoms with Crippen LogP contribution in [0.5, 0.6) is 0 Å². The highest BCUT2D eigenvalue weighted by molar-refractivity contribution is 6.14. The molecule has 0 saturated heterocycles. The Morgan fingerprint density at radius 3 is 2.47 bits per heavy atom. The molecular weight excluding hydrogens is 450 g/mol. The van der Waals surface area contributed by atoms with E-state index >= 15 is 0 Å². The van der Waals surface area contributed by atoms with Crippen molar-refractivity contribution >= 4 is 23.6 Å². The number of esters is 3. The molecule has 0 amide bonds. The number of carbonyl (C=O) groups is 3. The number of hydrogen-bond donors (Lipinski definition) is 0. The van der Waals surface area contributed by atoms with Crippen LogP contribution in [0.2, 0.25) is 0 Å². The number of ether oxygens (including phenoxy) is 3. The summed E-state index contributed by atoms with van der Waals surface area (Å²) in [5.74, 6) is -2.13. The summed E-state index contributed by atoms with van der Waals surface area (Å²) in [4.78, 5) is 60.8. The predicted molar refractivity (Wildman–Crippen MR) is 117 cm³/mol. The Morgan fingerprint density at radius 1 is 1.06 bits per heavy atom. The molecule has 0 unspecified atom stereocenters. The van der Waals surface area contributed by atoms with E-state index in [2.05, 4.69) is 10.3 Å². The molecule has 2 heterocycles. The van der Waals surface area contributed by atoms with Gasteiger partial charge in [0.1, 0.15) is 5.70 Å². The molecule has 0 spiro atoms. The molecule has 13 nitrogen and oxygen atoms in total. The van der Waals surface area contributed by atoms with Gasteiger partial charge in [-0.15, -0.1) is 5.10 Å². The lowest BCUT2D eigenvalue weighted by molar-refractivity contribution is -0.141. The van der Waals surface area contributed by atoms with Crippen LogP contribution in [-0.4, -0.2) is 61.9 Å². The number of rotatable bonds is 12. The molecule has 2 aromatic heterocycles. The highest BCUT2D eigenvalue weighted by atomic mass is 16.5. The topological polar surface area (TPSA) is 154 Å². The van der Waals surface area contributed by atoms with Crippen molar-refractivity contribution in [1.82, 2.24) is 24.1 Å². The number of hydrogen-bond acceptors (Lipinski definition) is 10. The van der Waals surface area contributed by atoms with Gasteiger partial charge in [-0.1, -0.05) is 5.21 Å². The van der Waals surface area contributed by atoms with Crippen LogP contribution in [0, 0.1) is 0 Å². The molecule has 184 valence electrons. The fraction of sp³-hybridized carbons (Fsp3) is 0.476. The van der Waals surface area contributed by atoms with Crippen LogP contribution in [0.1, 0.15) is 39.3 Å². The van der Waals surface area contributed by atoms with Crippen LogP contribution in [-0.2, 0) is 41.7 Å². The smallest absolute Gasteiger partial charge is 0.355 e. The molecule has 0 aliphatic rings. The second-order valence-corrected chi connectivity index (χ2v) is 6.89. The van der Waals surface area contributed by atoms with E-state index in [9.17, 15) is 24.0 Å². The van der Waals surface area contributed by atoms with Crippen molar-refractivity contribution in [2.24, 2.45) is 0 Å². The highest BCUT2D eigenvalue weighted by Gasteiger charge is 2.20. The third-order valence-corrected chi connectivity index (χ3v) is 4.44. The van der Waals surface area contributed by atoms with E-state index in [1.807, 2.05) is 0 Å². The van der Waals surface area contributed by atoms with Gasteiger partial charge in [0.2, 0.25) is 0 Å². The van der Waals surface area contributed by atoms with Gasteiger partial charge in [-0.25, -0.2) is 19.1 Å². The average Bonchev–Trinajstić information content (AvgIpc) is 3.22. The molecule has 0 bridgehead atoms. The predicted octanol–water partition coefficient (Wildman–Crippen LogP) is -0.0398. The first-order chi connectivity index (χ1) is 16.3. The van der Waals surface area contributed by atoms with Gasteiger partial charge in [-0.3, -0.25) is 18.7 Å². The number of aryl methyl sites for hydroxylation is 1. The minimum Gasteiger partial charge on any atom is -0.466 e. The molecule has 34 heavy (non-hydrogen) atoms. The van der Waals surface area contributed by atoms with E-state index in [1.54, 1.807) is 13.8 Å². The van der Waals surface area contributed by atoms with Gasteiger partial charge in [-0.2, -0.15) is 0 Å². The van der Waals surface area contributed by atoms with Gasteiger partial charge in [0.05, 0.1) is 44.3 Å². The highest BCUT2D eigenvalue weighted by Crippen LogP contribution is 2.06. The molecule has 0 aromatic carbocycles. The standard InChI is InChI=1S/C21H27N5O8/c1-4-32-19(29)12-17(20(30)33-5-2)24-10-8-18(28)25(21(24)31)14-16-13-22-23-26(16)9-6-7-11-34-15(3)27/h8,10,12-13H,4-7,9,11,14H2,1-3H3/b17-12+. The van der Waals surface area contributed by atoms with E-state index in [1.165, 1.54) is 17.8 Å². The summed E-state index contributed by atoms with van der Waals surface area (Å²) in [5.41, 5.74) is -1.41. The van der Waals surface area contributed by atoms with E-state index in [0.717, 1.165) is 27.5 Å². The van der Waals surface area contributed by atoms with Crippen LogP contribution in [0.15, 0.2) is 34.1 Å². The Kier molecular flexibility index (Phi) is 9.92. The third kappa shape index (κ3) is 7.25. The molecule has 0 aliphatic heterocycles. The molecule has 0 saturated carbocycles. The van der Waals surface area contributed by atoms with E-state index in [-0.39, 0.29) is 32.3 Å². The largest absolute Gasteiger partial charge is 0.466 e. The Morgan fingerprint density at radius 2 is 1.79 bits per heavy atom. The van der Waals surface area contributed by atoms with Crippen LogP contribution >= 0.6 is 0 Å². The summed E-state index contributed by atoms with van der Waals surface area (Å²) < 4.78 is 17.9. The van der Waals surface area contributed by atoms with E-state index in [0.29, 0.717) is 25.1 Å². The van der Waals surface area contributed by atoms with Crippen LogP contribution < -0.4 is 11.2 Å². The first-order valence-electron chi connectivity index (χ1n) is 10.7. The molecular formula is C21H27N5O8. The summed E-state index contributed by atoms with van der Waals surface area (Å²) in [6.07, 6.45) is 4.56. The second-order valence-electron chi connectivity index (χ2n) is 6.89. The Hall–Kier alpha value is -4.03. The van der Waals surface area contributed by atoms with E-state index in [4.69, 9.17) is 14.2 Å². The van der Waals surface area contributed by atoms with E-state index < -0.39 is 28.9 Å². The molecule has 2 rings (SSSR count). The van der Waals surface area contributed by atoms with Gasteiger partial charge >= 0.3 is 23.6 Å². The molecule has 2 aromatic rings. The van der Waals surface area contributed by atoms with Gasteiger partial charge in [-0.05, 0) is 26.7 Å². The minimum atomic E-state index is -0.928. The zero-order valence-electron chi connectivity index (χ0n) is 19.3. The number of aromatic nitrogens is 5. The molecule has 13 heteroatoms. The molecule has 0 N–H and O–H groups in total. The lowest BCUT2D eigenvalue weighted by Gasteiger charge is -2.13. The van der Waals surface area contributed by atoms with Crippen LogP contribution in [0.25, 0.3) is 5.70 Å². The van der Waals surface area contributed by atoms with Gasteiger partial charge < -0.3 is 14.2 Å². The fourth-order valence-electron chi connectivity index (χ4n) is 2.90. The maximum Gasteiger partial charge on any atom is 0.355 e. The number of unbranched alkanes of at least 4 members (excludes halogenated alkanes) is 1. The molecule has 0 atom stereocenters. The van der Waals surface area contributed by atoms with Crippen LogP contribution in [0.4, 0.5) is 0 Å². The quantitative estimate of drug-likeness (QED) is 0.176. The Labute approximate surface area is 194 Å². The summed E-state index contributed by atoms with van der Waals surface area (Å²) >= 11 is 0. The average molecular weight is 477 g/mol. The first kappa shape index (κ1) is 26.2. The summed E-state index contributed by atoms with van der Waals surface area (Å²) in [6, 6.07) is 1.09. The zero-order chi connectivity index (χ0) is 25.1. The summed E-state index contributed by atoms with van der Waals surface area (Å²) in [6.45, 7) is 5.09. The summed E-state index contributed by atoms with van der Waals surface area (Å²) in [5, 5.41) is 7.79. The Balaban J connectivity index is 2.32. The van der Waals surface area contributed by atoms with Crippen molar-refractivity contribution in [2.45, 2.75) is 46.7 Å². The molecule has 0 radical (unpaired) electrons. The number of carbonyl (C=O) groups excluding carboxylic acids is 3. The molecule has 0 aliphatic carbocycles. The van der Waals surface area contributed by atoms with Gasteiger partial charge in [0.25, 0.3) is 5.56 Å². The lowest BCUT2D eigenvalue weighted by Crippen LogP contribution is -2.40. The van der Waals surface area contributed by atoms with Crippen molar-refractivity contribution in [3.8, 4) is 0 Å². The maximum absolute atomic E-state index is 13.1. The van der Waals surface area contributed by atoms with Gasteiger partial charge in [0.15, 0.2) is 0 Å². The first-order valence-corrected chi connectivity index (χ1v) is 10.7. The second kappa shape index (κ2) is 12.9. The van der Waals surface area contributed by atoms with Crippen molar-refractivity contribution in [3.05, 3.63) is 51.1 Å². The van der Waals surface area contributed by atoms with Crippen molar-refractivity contribution in [3.63, 3.8) is 0 Å².